The number of hydrogen-bond acceptors (Lipinski definition) is 0. The van der Waals surface area contributed by atoms with Gasteiger partial charge in [-0.05, 0) is 0 Å². The first kappa shape index (κ1) is 24.2. The van der Waals surface area contributed by atoms with E-state index in [0.29, 0.717) is 11.8 Å². The normalized spacial score (nSPS) is 19.5. The molecule has 4 rings (SSSR count). The summed E-state index contributed by atoms with van der Waals surface area (Å²) in [6, 6.07) is 14.9. The van der Waals surface area contributed by atoms with E-state index < -0.39 is 26.8 Å². The third-order valence-corrected chi connectivity index (χ3v) is 29.4. The Hall–Kier alpha value is -0.980. The molecule has 2 unspecified atom stereocenters. The van der Waals surface area contributed by atoms with Crippen LogP contribution in [0.1, 0.15) is 82.2 Å². The predicted octanol–water partition coefficient (Wildman–Crippen LogP) is 8.30. The molecule has 0 N–H and O–H groups in total. The summed E-state index contributed by atoms with van der Waals surface area (Å²) >= 11 is -1.84. The van der Waals surface area contributed by atoms with Gasteiger partial charge in [0.05, 0.1) is 0 Å². The number of fused-ring (bicyclic) bond motifs is 2. The zero-order valence-corrected chi connectivity index (χ0v) is 25.0. The molecular weight excluding hydrogens is 480 g/mol. The van der Waals surface area contributed by atoms with Gasteiger partial charge in [0.1, 0.15) is 0 Å². The molecule has 0 heterocycles. The van der Waals surface area contributed by atoms with Gasteiger partial charge in [-0.1, -0.05) is 0 Å². The van der Waals surface area contributed by atoms with Crippen molar-refractivity contribution in [2.24, 2.45) is 11.8 Å². The molecule has 0 fully saturated rings. The van der Waals surface area contributed by atoms with Crippen LogP contribution in [0.2, 0.25) is 13.1 Å². The summed E-state index contributed by atoms with van der Waals surface area (Å²) in [6.07, 6.45) is 7.46. The maximum absolute atomic E-state index is 2.66. The van der Waals surface area contributed by atoms with Gasteiger partial charge < -0.3 is 0 Å². The first-order chi connectivity index (χ1) is 15.2. The van der Waals surface area contributed by atoms with Gasteiger partial charge >= 0.3 is 206 Å². The van der Waals surface area contributed by atoms with Crippen molar-refractivity contribution in [1.82, 2.24) is 0 Å². The second kappa shape index (κ2) is 9.71. The van der Waals surface area contributed by atoms with Gasteiger partial charge in [-0.15, -0.1) is 0 Å². The quantitative estimate of drug-likeness (QED) is 0.322. The van der Waals surface area contributed by atoms with Crippen LogP contribution in [0.15, 0.2) is 47.5 Å². The molecule has 0 aromatic heterocycles. The third kappa shape index (κ3) is 4.78. The predicted molar refractivity (Wildman–Crippen MR) is 142 cm³/mol. The summed E-state index contributed by atoms with van der Waals surface area (Å²) < 4.78 is 1.53. The fraction of sp³-hybridized carbons (Fsp3) is 0.467. The molecule has 0 nitrogen and oxygen atoms in total. The minimum atomic E-state index is -1.84. The molecule has 0 saturated heterocycles. The number of allylic oxidation sites excluding steroid dienone is 2. The van der Waals surface area contributed by atoms with Crippen LogP contribution in [-0.2, 0) is 33.8 Å². The van der Waals surface area contributed by atoms with Gasteiger partial charge in [0.25, 0.3) is 0 Å². The molecule has 0 amide bonds. The molecule has 2 aliphatic rings. The fourth-order valence-corrected chi connectivity index (χ4v) is 29.4. The Bertz CT molecular complexity index is 975. The van der Waals surface area contributed by atoms with E-state index in [4.69, 9.17) is 0 Å². The van der Waals surface area contributed by atoms with Crippen molar-refractivity contribution < 1.29 is 20.9 Å². The molecule has 0 radical (unpaired) electrons. The Labute approximate surface area is 205 Å². The van der Waals surface area contributed by atoms with Crippen molar-refractivity contribution in [1.29, 1.82) is 0 Å². The molecule has 2 atom stereocenters. The molecule has 2 heteroatoms. The molecule has 0 spiro atoms. The second-order valence-corrected chi connectivity index (χ2v) is 31.5. The van der Waals surface area contributed by atoms with Crippen molar-refractivity contribution in [2.75, 3.05) is 0 Å². The van der Waals surface area contributed by atoms with Crippen LogP contribution >= 0.6 is 0 Å². The van der Waals surface area contributed by atoms with Crippen molar-refractivity contribution in [3.05, 3.63) is 80.9 Å². The van der Waals surface area contributed by atoms with Crippen LogP contribution < -0.4 is 0 Å². The molecule has 2 aliphatic carbocycles. The maximum atomic E-state index is 2.66. The zero-order chi connectivity index (χ0) is 23.2. The van der Waals surface area contributed by atoms with Gasteiger partial charge in [-0.25, -0.2) is 0 Å². The van der Waals surface area contributed by atoms with Crippen molar-refractivity contribution in [2.45, 2.75) is 74.7 Å². The van der Waals surface area contributed by atoms with Crippen LogP contribution in [0, 0.1) is 11.8 Å². The minimum absolute atomic E-state index is 0.716. The number of rotatable bonds is 7. The number of benzene rings is 2. The molecule has 32 heavy (non-hydrogen) atoms. The van der Waals surface area contributed by atoms with Gasteiger partial charge in [0.15, 0.2) is 0 Å². The summed E-state index contributed by atoms with van der Waals surface area (Å²) in [5, 5.41) is 0. The van der Waals surface area contributed by atoms with Crippen LogP contribution in [0.25, 0.3) is 12.2 Å². The molecular formula is C30H41SiZr. The van der Waals surface area contributed by atoms with E-state index in [-0.39, 0.29) is 0 Å². The molecule has 0 aliphatic heterocycles. The van der Waals surface area contributed by atoms with E-state index in [1.807, 2.05) is 0 Å². The average Bonchev–Trinajstić information content (AvgIpc) is 3.17. The second-order valence-electron chi connectivity index (χ2n) is 11.4. The summed E-state index contributed by atoms with van der Waals surface area (Å²) in [5.74, 6) is 0.688. The van der Waals surface area contributed by atoms with Gasteiger partial charge in [0, 0.05) is 0 Å². The molecule has 2 aromatic rings. The zero-order valence-electron chi connectivity index (χ0n) is 21.4. The Morgan fingerprint density at radius 3 is 1.47 bits per heavy atom. The Morgan fingerprint density at radius 1 is 0.719 bits per heavy atom. The van der Waals surface area contributed by atoms with Crippen molar-refractivity contribution >= 4 is 18.1 Å². The first-order valence-electron chi connectivity index (χ1n) is 12.6. The van der Waals surface area contributed by atoms with E-state index in [9.17, 15) is 0 Å². The van der Waals surface area contributed by atoms with E-state index >= 15 is 0 Å². The van der Waals surface area contributed by atoms with E-state index in [1.54, 1.807) is 22.3 Å². The van der Waals surface area contributed by atoms with E-state index in [1.165, 1.54) is 35.1 Å². The summed E-state index contributed by atoms with van der Waals surface area (Å²) in [6.45, 7) is 19.5. The first-order valence-corrected chi connectivity index (χ1v) is 22.6. The molecule has 2 aromatic carbocycles. The average molecular weight is 521 g/mol. The monoisotopic (exact) mass is 519 g/mol. The summed E-state index contributed by atoms with van der Waals surface area (Å²) in [7, 11) is 0. The Kier molecular flexibility index (Phi) is 7.33. The topological polar surface area (TPSA) is 0 Å². The molecule has 0 bridgehead atoms. The van der Waals surface area contributed by atoms with E-state index in [0.717, 1.165) is 7.25 Å². The number of hydrogen-bond donors (Lipinski definition) is 0. The van der Waals surface area contributed by atoms with Gasteiger partial charge in [0.2, 0.25) is 0 Å². The SMILES string of the molecule is CC1=Cc2cc(CC(C)C)ccc2[CH]1[Zr]([CH]1C(C)=Cc2cc(CC(C)C)ccc21)[SiH](C)C. The van der Waals surface area contributed by atoms with Crippen LogP contribution in [0.5, 0.6) is 0 Å². The Morgan fingerprint density at radius 2 is 1.12 bits per heavy atom. The standard InChI is InChI=1S/2C14H17.C2H7Si.Zr/c2*1-10(2)6-12-4-5-13-7-11(3)8-14(13)9-12;1-3-2;/h2*4-5,7-10H,6H2,1-3H3;3H,1-2H3;. The van der Waals surface area contributed by atoms with E-state index in [2.05, 4.69) is 103 Å². The van der Waals surface area contributed by atoms with Crippen molar-refractivity contribution in [3.63, 3.8) is 0 Å². The van der Waals surface area contributed by atoms with Crippen LogP contribution in [0.3, 0.4) is 0 Å². The molecule has 0 saturated carbocycles. The Balaban J connectivity index is 1.71. The van der Waals surface area contributed by atoms with Gasteiger partial charge in [-0.2, -0.15) is 0 Å². The van der Waals surface area contributed by atoms with Crippen LogP contribution in [-0.4, -0.2) is 5.92 Å². The van der Waals surface area contributed by atoms with Crippen molar-refractivity contribution in [3.8, 4) is 0 Å². The van der Waals surface area contributed by atoms with Gasteiger partial charge in [-0.3, -0.25) is 0 Å². The van der Waals surface area contributed by atoms with Crippen LogP contribution in [0.4, 0.5) is 0 Å². The fourth-order valence-electron chi connectivity index (χ4n) is 6.09. The summed E-state index contributed by atoms with van der Waals surface area (Å²) in [4.78, 5) is 0. The molecule has 169 valence electrons. The summed E-state index contributed by atoms with van der Waals surface area (Å²) in [5.41, 5.74) is 12.7. The third-order valence-electron chi connectivity index (χ3n) is 7.22.